The zero-order chi connectivity index (χ0) is 16.0. The van der Waals surface area contributed by atoms with E-state index in [1.165, 1.54) is 31.4 Å². The number of benzene rings is 1. The molecule has 0 atom stereocenters. The smallest absolute Gasteiger partial charge is 0.339 e. The van der Waals surface area contributed by atoms with Gasteiger partial charge in [-0.3, -0.25) is 0 Å². The third-order valence-corrected chi connectivity index (χ3v) is 4.53. The van der Waals surface area contributed by atoms with Gasteiger partial charge in [0.25, 0.3) is 0 Å². The Labute approximate surface area is 124 Å². The van der Waals surface area contributed by atoms with Gasteiger partial charge in [-0.25, -0.2) is 13.2 Å². The summed E-state index contributed by atoms with van der Waals surface area (Å²) in [7, 11) is -2.52. The lowest BCUT2D eigenvalue weighted by Crippen LogP contribution is -2.31. The summed E-state index contributed by atoms with van der Waals surface area (Å²) < 4.78 is 31.0. The number of methoxy groups -OCH3 is 1. The first-order valence-electron chi connectivity index (χ1n) is 6.01. The topological polar surface area (TPSA) is 83.9 Å². The van der Waals surface area contributed by atoms with Crippen molar-refractivity contribution in [3.63, 3.8) is 0 Å². The first-order valence-corrected chi connectivity index (χ1v) is 7.45. The van der Waals surface area contributed by atoms with Crippen LogP contribution in [0.4, 0.5) is 0 Å². The van der Waals surface area contributed by atoms with E-state index in [-0.39, 0.29) is 29.3 Å². The molecule has 0 saturated carbocycles. The molecule has 0 bridgehead atoms. The predicted octanol–water partition coefficient (Wildman–Crippen LogP) is 1.76. The number of carbonyl (C=O) groups is 1. The maximum absolute atomic E-state index is 12.5. The molecule has 0 aromatic heterocycles. The molecule has 0 heterocycles. The molecular formula is C14H17NO5S. The molecule has 0 fully saturated rings. The highest BCUT2D eigenvalue weighted by molar-refractivity contribution is 7.89. The van der Waals surface area contributed by atoms with Crippen molar-refractivity contribution in [3.8, 4) is 5.75 Å². The largest absolute Gasteiger partial charge is 0.496 e. The van der Waals surface area contributed by atoms with Gasteiger partial charge < -0.3 is 9.84 Å². The van der Waals surface area contributed by atoms with Crippen LogP contribution in [0.2, 0.25) is 0 Å². The molecule has 0 unspecified atom stereocenters. The van der Waals surface area contributed by atoms with Crippen LogP contribution in [0.15, 0.2) is 48.4 Å². The maximum atomic E-state index is 12.5. The van der Waals surface area contributed by atoms with E-state index in [0.29, 0.717) is 0 Å². The second kappa shape index (κ2) is 7.05. The van der Waals surface area contributed by atoms with Crippen LogP contribution in [0.3, 0.4) is 0 Å². The highest BCUT2D eigenvalue weighted by Gasteiger charge is 2.24. The van der Waals surface area contributed by atoms with Gasteiger partial charge in [0.15, 0.2) is 0 Å². The van der Waals surface area contributed by atoms with Gasteiger partial charge in [0.1, 0.15) is 11.3 Å². The van der Waals surface area contributed by atoms with Crippen LogP contribution >= 0.6 is 0 Å². The van der Waals surface area contributed by atoms with Crippen LogP contribution in [-0.4, -0.2) is 44.0 Å². The van der Waals surface area contributed by atoms with E-state index in [0.717, 1.165) is 10.4 Å². The summed E-state index contributed by atoms with van der Waals surface area (Å²) >= 11 is 0. The molecule has 21 heavy (non-hydrogen) atoms. The van der Waals surface area contributed by atoms with E-state index < -0.39 is 16.0 Å². The van der Waals surface area contributed by atoms with E-state index in [9.17, 15) is 13.2 Å². The van der Waals surface area contributed by atoms with Gasteiger partial charge in [-0.1, -0.05) is 12.2 Å². The standard InChI is InChI=1S/C14H17NO5S/c1-4-8-15(9-5-2)21(18,19)11-6-7-13(20-3)12(10-11)14(16)17/h4-7,10H,1-2,8-9H2,3H3,(H,16,17). The summed E-state index contributed by atoms with van der Waals surface area (Å²) in [6.07, 6.45) is 2.89. The summed E-state index contributed by atoms with van der Waals surface area (Å²) in [4.78, 5) is 11.0. The Hall–Kier alpha value is -2.12. The van der Waals surface area contributed by atoms with Crippen molar-refractivity contribution in [1.29, 1.82) is 0 Å². The molecule has 1 N–H and O–H groups in total. The van der Waals surface area contributed by atoms with Crippen molar-refractivity contribution < 1.29 is 23.1 Å². The Balaban J connectivity index is 3.36. The average Bonchev–Trinajstić information content (AvgIpc) is 2.46. The maximum Gasteiger partial charge on any atom is 0.339 e. The van der Waals surface area contributed by atoms with Gasteiger partial charge in [-0.15, -0.1) is 13.2 Å². The minimum atomic E-state index is -3.83. The molecule has 1 aromatic rings. The van der Waals surface area contributed by atoms with Crippen molar-refractivity contribution in [2.45, 2.75) is 4.90 Å². The molecule has 0 aliphatic heterocycles. The number of ether oxygens (including phenoxy) is 1. The van der Waals surface area contributed by atoms with Crippen molar-refractivity contribution in [1.82, 2.24) is 4.31 Å². The Kier molecular flexibility index (Phi) is 5.69. The fourth-order valence-electron chi connectivity index (χ4n) is 1.72. The first-order chi connectivity index (χ1) is 9.88. The molecule has 0 aliphatic carbocycles. The molecule has 7 heteroatoms. The lowest BCUT2D eigenvalue weighted by atomic mass is 10.2. The van der Waals surface area contributed by atoms with E-state index >= 15 is 0 Å². The zero-order valence-corrected chi connectivity index (χ0v) is 12.5. The van der Waals surface area contributed by atoms with E-state index in [2.05, 4.69) is 13.2 Å². The van der Waals surface area contributed by atoms with Gasteiger partial charge in [-0.2, -0.15) is 4.31 Å². The number of rotatable bonds is 8. The summed E-state index contributed by atoms with van der Waals surface area (Å²) in [5, 5.41) is 9.11. The van der Waals surface area contributed by atoms with Crippen molar-refractivity contribution in [2.24, 2.45) is 0 Å². The van der Waals surface area contributed by atoms with E-state index in [1.54, 1.807) is 0 Å². The molecule has 114 valence electrons. The van der Waals surface area contributed by atoms with Gasteiger partial charge in [-0.05, 0) is 18.2 Å². The van der Waals surface area contributed by atoms with Crippen molar-refractivity contribution in [2.75, 3.05) is 20.2 Å². The Bertz CT molecular complexity index is 641. The first kappa shape index (κ1) is 16.9. The van der Waals surface area contributed by atoms with Gasteiger partial charge in [0.2, 0.25) is 10.0 Å². The minimum absolute atomic E-state index is 0.0976. The Morgan fingerprint density at radius 1 is 1.33 bits per heavy atom. The minimum Gasteiger partial charge on any atom is -0.496 e. The highest BCUT2D eigenvalue weighted by Crippen LogP contribution is 2.24. The highest BCUT2D eigenvalue weighted by atomic mass is 32.2. The third kappa shape index (κ3) is 3.71. The van der Waals surface area contributed by atoms with Gasteiger partial charge >= 0.3 is 5.97 Å². The van der Waals surface area contributed by atoms with Gasteiger partial charge in [0.05, 0.1) is 12.0 Å². The predicted molar refractivity (Wildman–Crippen MR) is 79.1 cm³/mol. The second-order valence-electron chi connectivity index (χ2n) is 4.07. The average molecular weight is 311 g/mol. The van der Waals surface area contributed by atoms with Crippen molar-refractivity contribution >= 4 is 16.0 Å². The molecule has 0 spiro atoms. The van der Waals surface area contributed by atoms with Crippen LogP contribution in [0.25, 0.3) is 0 Å². The van der Waals surface area contributed by atoms with E-state index in [1.807, 2.05) is 0 Å². The molecule has 0 amide bonds. The number of hydrogen-bond acceptors (Lipinski definition) is 4. The van der Waals surface area contributed by atoms with Crippen LogP contribution in [0.1, 0.15) is 10.4 Å². The van der Waals surface area contributed by atoms with Crippen LogP contribution in [-0.2, 0) is 10.0 Å². The summed E-state index contributed by atoms with van der Waals surface area (Å²) in [5.41, 5.74) is -0.212. The normalized spacial score (nSPS) is 11.1. The molecule has 1 rings (SSSR count). The number of carboxylic acids is 1. The quantitative estimate of drug-likeness (QED) is 0.740. The third-order valence-electron chi connectivity index (χ3n) is 2.70. The van der Waals surface area contributed by atoms with Crippen LogP contribution in [0.5, 0.6) is 5.75 Å². The zero-order valence-electron chi connectivity index (χ0n) is 11.7. The van der Waals surface area contributed by atoms with Gasteiger partial charge in [0, 0.05) is 13.1 Å². The molecule has 0 aliphatic rings. The lowest BCUT2D eigenvalue weighted by Gasteiger charge is -2.19. The molecule has 6 nitrogen and oxygen atoms in total. The molecule has 0 saturated heterocycles. The summed E-state index contributed by atoms with van der Waals surface area (Å²) in [5.74, 6) is -1.16. The number of hydrogen-bond donors (Lipinski definition) is 1. The Morgan fingerprint density at radius 2 is 1.90 bits per heavy atom. The fraction of sp³-hybridized carbons (Fsp3) is 0.214. The second-order valence-corrected chi connectivity index (χ2v) is 6.00. The monoisotopic (exact) mass is 311 g/mol. The number of nitrogens with zero attached hydrogens (tertiary/aromatic N) is 1. The van der Waals surface area contributed by atoms with E-state index in [4.69, 9.17) is 9.84 Å². The molecular weight excluding hydrogens is 294 g/mol. The summed E-state index contributed by atoms with van der Waals surface area (Å²) in [6, 6.07) is 3.70. The van der Waals surface area contributed by atoms with Crippen LogP contribution < -0.4 is 4.74 Å². The van der Waals surface area contributed by atoms with Crippen LogP contribution in [0, 0.1) is 0 Å². The Morgan fingerprint density at radius 3 is 2.33 bits per heavy atom. The SMILES string of the molecule is C=CCN(CC=C)S(=O)(=O)c1ccc(OC)c(C(=O)O)c1. The fourth-order valence-corrected chi connectivity index (χ4v) is 3.13. The number of carboxylic acid groups (broad SMARTS) is 1. The summed E-state index contributed by atoms with van der Waals surface area (Å²) in [6.45, 7) is 7.22. The lowest BCUT2D eigenvalue weighted by molar-refractivity contribution is 0.0693. The number of aromatic carboxylic acids is 1. The number of sulfonamides is 1. The molecule has 1 aromatic carbocycles. The molecule has 0 radical (unpaired) electrons. The van der Waals surface area contributed by atoms with Crippen molar-refractivity contribution in [3.05, 3.63) is 49.1 Å².